The standard InChI is InChI=1S/C21H28N4O3/c1-7-9-24(10-8-2)20(27)15-11-16(14(5)6)22-18-17(15)19(26)23-21(28)25(18)12-13(3)4/h7-8,11,13-14H,1-2,9-10,12H2,3-6H3,(H,23,26,28). The first kappa shape index (κ1) is 21.3. The molecular formula is C21H28N4O3. The predicted octanol–water partition coefficient (Wildman–Crippen LogP) is 2.68. The van der Waals surface area contributed by atoms with Crippen molar-refractivity contribution in [1.82, 2.24) is 19.4 Å². The van der Waals surface area contributed by atoms with E-state index in [0.717, 1.165) is 0 Å². The molecule has 0 radical (unpaired) electrons. The molecule has 1 amide bonds. The molecule has 150 valence electrons. The van der Waals surface area contributed by atoms with Crippen LogP contribution < -0.4 is 11.2 Å². The van der Waals surface area contributed by atoms with Gasteiger partial charge in [0.2, 0.25) is 0 Å². The van der Waals surface area contributed by atoms with E-state index in [1.165, 1.54) is 9.47 Å². The Balaban J connectivity index is 2.89. The van der Waals surface area contributed by atoms with Crippen LogP contribution >= 0.6 is 0 Å². The Morgan fingerprint density at radius 1 is 1.21 bits per heavy atom. The zero-order valence-electron chi connectivity index (χ0n) is 17.0. The maximum Gasteiger partial charge on any atom is 0.330 e. The molecule has 0 fully saturated rings. The molecule has 0 saturated heterocycles. The van der Waals surface area contributed by atoms with Crippen molar-refractivity contribution < 1.29 is 4.79 Å². The Bertz CT molecular complexity index is 1000. The molecule has 0 unspecified atom stereocenters. The molecule has 2 rings (SSSR count). The summed E-state index contributed by atoms with van der Waals surface area (Å²) in [6.07, 6.45) is 3.24. The Morgan fingerprint density at radius 3 is 2.32 bits per heavy atom. The van der Waals surface area contributed by atoms with E-state index in [1.54, 1.807) is 18.2 Å². The van der Waals surface area contributed by atoms with E-state index in [4.69, 9.17) is 0 Å². The van der Waals surface area contributed by atoms with E-state index in [-0.39, 0.29) is 34.3 Å². The van der Waals surface area contributed by atoms with Crippen LogP contribution in [0.4, 0.5) is 0 Å². The summed E-state index contributed by atoms with van der Waals surface area (Å²) in [4.78, 5) is 46.8. The lowest BCUT2D eigenvalue weighted by molar-refractivity contribution is 0.0792. The molecule has 2 heterocycles. The Kier molecular flexibility index (Phi) is 6.72. The van der Waals surface area contributed by atoms with E-state index < -0.39 is 11.2 Å². The van der Waals surface area contributed by atoms with Gasteiger partial charge in [-0.15, -0.1) is 13.2 Å². The zero-order chi connectivity index (χ0) is 21.0. The van der Waals surface area contributed by atoms with Crippen molar-refractivity contribution in [2.45, 2.75) is 40.2 Å². The summed E-state index contributed by atoms with van der Waals surface area (Å²) in [7, 11) is 0. The Morgan fingerprint density at radius 2 is 1.82 bits per heavy atom. The summed E-state index contributed by atoms with van der Waals surface area (Å²) < 4.78 is 1.44. The van der Waals surface area contributed by atoms with Crippen LogP contribution in [0.1, 0.15) is 49.7 Å². The van der Waals surface area contributed by atoms with Gasteiger partial charge in [-0.25, -0.2) is 9.78 Å². The van der Waals surface area contributed by atoms with Gasteiger partial charge in [0, 0.05) is 25.3 Å². The average Bonchev–Trinajstić information content (AvgIpc) is 2.63. The molecule has 0 atom stereocenters. The number of rotatable bonds is 8. The molecule has 7 heteroatoms. The fraction of sp³-hybridized carbons (Fsp3) is 0.429. The third-order valence-electron chi connectivity index (χ3n) is 4.32. The van der Waals surface area contributed by atoms with Crippen LogP contribution in [-0.4, -0.2) is 38.4 Å². The molecule has 0 spiro atoms. The highest BCUT2D eigenvalue weighted by Gasteiger charge is 2.23. The minimum absolute atomic E-state index is 0.0186. The number of nitrogens with zero attached hydrogens (tertiary/aromatic N) is 3. The Labute approximate surface area is 164 Å². The number of carbonyl (C=O) groups excluding carboxylic acids is 1. The number of aromatic amines is 1. The monoisotopic (exact) mass is 384 g/mol. The molecule has 0 saturated carbocycles. The van der Waals surface area contributed by atoms with Crippen molar-refractivity contribution in [3.63, 3.8) is 0 Å². The van der Waals surface area contributed by atoms with Crippen LogP contribution in [0.5, 0.6) is 0 Å². The van der Waals surface area contributed by atoms with E-state index >= 15 is 0 Å². The number of carbonyl (C=O) groups is 1. The fourth-order valence-electron chi connectivity index (χ4n) is 3.01. The van der Waals surface area contributed by atoms with Crippen molar-refractivity contribution >= 4 is 16.9 Å². The number of aromatic nitrogens is 3. The molecule has 2 aromatic heterocycles. The van der Waals surface area contributed by atoms with Crippen molar-refractivity contribution in [3.8, 4) is 0 Å². The quantitative estimate of drug-likeness (QED) is 0.709. The molecule has 0 bridgehead atoms. The number of hydrogen-bond donors (Lipinski definition) is 1. The van der Waals surface area contributed by atoms with Gasteiger partial charge >= 0.3 is 5.69 Å². The molecule has 0 aromatic carbocycles. The summed E-state index contributed by atoms with van der Waals surface area (Å²) >= 11 is 0. The van der Waals surface area contributed by atoms with Gasteiger partial charge < -0.3 is 4.90 Å². The minimum atomic E-state index is -0.608. The highest BCUT2D eigenvalue weighted by Crippen LogP contribution is 2.21. The van der Waals surface area contributed by atoms with Gasteiger partial charge in [-0.3, -0.25) is 19.1 Å². The second kappa shape index (κ2) is 8.82. The van der Waals surface area contributed by atoms with E-state index in [9.17, 15) is 14.4 Å². The zero-order valence-corrected chi connectivity index (χ0v) is 17.0. The second-order valence-electron chi connectivity index (χ2n) is 7.50. The van der Waals surface area contributed by atoms with Crippen molar-refractivity contribution in [3.05, 3.63) is 63.5 Å². The predicted molar refractivity (Wildman–Crippen MR) is 112 cm³/mol. The number of amides is 1. The topological polar surface area (TPSA) is 88.1 Å². The number of H-pyrrole nitrogens is 1. The molecule has 0 aliphatic heterocycles. The van der Waals surface area contributed by atoms with E-state index in [2.05, 4.69) is 23.1 Å². The van der Waals surface area contributed by atoms with Crippen molar-refractivity contribution in [2.75, 3.05) is 13.1 Å². The van der Waals surface area contributed by atoms with Crippen LogP contribution in [0.3, 0.4) is 0 Å². The summed E-state index contributed by atoms with van der Waals surface area (Å²) in [5.74, 6) is -0.145. The first-order chi connectivity index (χ1) is 13.2. The van der Waals surface area contributed by atoms with Crippen LogP contribution in [0.2, 0.25) is 0 Å². The lowest BCUT2D eigenvalue weighted by atomic mass is 10.0. The van der Waals surface area contributed by atoms with Gasteiger partial charge in [-0.05, 0) is 17.9 Å². The molecular weight excluding hydrogens is 356 g/mol. The van der Waals surface area contributed by atoms with Gasteiger partial charge in [0.05, 0.1) is 10.9 Å². The molecule has 0 aliphatic carbocycles. The fourth-order valence-corrected chi connectivity index (χ4v) is 3.01. The van der Waals surface area contributed by atoms with Crippen LogP contribution in [0, 0.1) is 5.92 Å². The molecule has 28 heavy (non-hydrogen) atoms. The van der Waals surface area contributed by atoms with Crippen molar-refractivity contribution in [1.29, 1.82) is 0 Å². The lowest BCUT2D eigenvalue weighted by Gasteiger charge is -2.21. The maximum atomic E-state index is 13.2. The third-order valence-corrected chi connectivity index (χ3v) is 4.32. The number of hydrogen-bond acceptors (Lipinski definition) is 4. The number of pyridine rings is 1. The lowest BCUT2D eigenvalue weighted by Crippen LogP contribution is -2.36. The molecule has 7 nitrogen and oxygen atoms in total. The van der Waals surface area contributed by atoms with Gasteiger partial charge in [0.25, 0.3) is 11.5 Å². The van der Waals surface area contributed by atoms with Crippen LogP contribution in [-0.2, 0) is 6.54 Å². The number of fused-ring (bicyclic) bond motifs is 1. The highest BCUT2D eigenvalue weighted by atomic mass is 16.2. The number of nitrogens with one attached hydrogen (secondary N) is 1. The van der Waals surface area contributed by atoms with Gasteiger partial charge in [0.15, 0.2) is 5.65 Å². The molecule has 1 N–H and O–H groups in total. The van der Waals surface area contributed by atoms with Gasteiger partial charge in [-0.1, -0.05) is 39.8 Å². The minimum Gasteiger partial charge on any atom is -0.331 e. The van der Waals surface area contributed by atoms with Gasteiger partial charge in [0.1, 0.15) is 0 Å². The van der Waals surface area contributed by atoms with Crippen LogP contribution in [0.25, 0.3) is 11.0 Å². The maximum absolute atomic E-state index is 13.2. The summed E-state index contributed by atoms with van der Waals surface area (Å²) in [5, 5.41) is 0.132. The second-order valence-corrected chi connectivity index (χ2v) is 7.50. The largest absolute Gasteiger partial charge is 0.331 e. The van der Waals surface area contributed by atoms with E-state index in [0.29, 0.717) is 25.3 Å². The Hall–Kier alpha value is -2.96. The summed E-state index contributed by atoms with van der Waals surface area (Å²) in [6.45, 7) is 16.2. The highest BCUT2D eigenvalue weighted by molar-refractivity contribution is 6.05. The SMILES string of the molecule is C=CCN(CC=C)C(=O)c1cc(C(C)C)nc2c1c(=O)[nH]c(=O)n2CC(C)C. The summed E-state index contributed by atoms with van der Waals surface area (Å²) in [6, 6.07) is 1.65. The first-order valence-electron chi connectivity index (χ1n) is 9.40. The van der Waals surface area contributed by atoms with Gasteiger partial charge in [-0.2, -0.15) is 0 Å². The first-order valence-corrected chi connectivity index (χ1v) is 9.40. The van der Waals surface area contributed by atoms with Crippen molar-refractivity contribution in [2.24, 2.45) is 5.92 Å². The van der Waals surface area contributed by atoms with E-state index in [1.807, 2.05) is 27.7 Å². The smallest absolute Gasteiger partial charge is 0.330 e. The average molecular weight is 384 g/mol. The molecule has 2 aromatic rings. The normalized spacial score (nSPS) is 11.2. The van der Waals surface area contributed by atoms with Crippen LogP contribution in [0.15, 0.2) is 41.0 Å². The summed E-state index contributed by atoms with van der Waals surface area (Å²) in [5.41, 5.74) is -0.00353. The third kappa shape index (κ3) is 4.30. The molecule has 0 aliphatic rings.